The zero-order valence-electron chi connectivity index (χ0n) is 19.0. The molecule has 4 aromatic rings. The molecule has 2 aromatic carbocycles. The maximum atomic E-state index is 12.9. The Morgan fingerprint density at radius 2 is 1.79 bits per heavy atom. The Balaban J connectivity index is 1.28. The number of piperidine rings is 1. The standard InChI is InChI=1S/C27H28ClN5O/c28-24-12-10-21(11-13-24)17-29-26(34)22-7-6-14-31(19-22)20-23-18-30-33(25-8-2-1-3-9-25)27(23)32-15-4-5-16-32/h1-5,8-13,15-16,18,22H,6-7,14,17,19-20H2,(H,29,34)/t22-/m1/s1. The molecule has 1 saturated heterocycles. The highest BCUT2D eigenvalue weighted by Gasteiger charge is 2.27. The second-order valence-corrected chi connectivity index (χ2v) is 9.19. The fraction of sp³-hybridized carbons (Fsp3) is 0.259. The van der Waals surface area contributed by atoms with E-state index in [9.17, 15) is 4.79 Å². The van der Waals surface area contributed by atoms with Crippen molar-refractivity contribution in [3.63, 3.8) is 0 Å². The number of hydrogen-bond donors (Lipinski definition) is 1. The van der Waals surface area contributed by atoms with Crippen LogP contribution in [0.3, 0.4) is 0 Å². The summed E-state index contributed by atoms with van der Waals surface area (Å²) in [5.74, 6) is 1.14. The predicted octanol–water partition coefficient (Wildman–Crippen LogP) is 4.84. The van der Waals surface area contributed by atoms with Gasteiger partial charge in [0.1, 0.15) is 5.82 Å². The molecule has 1 aliphatic rings. The van der Waals surface area contributed by atoms with E-state index in [1.54, 1.807) is 0 Å². The molecule has 1 amide bonds. The molecule has 6 nitrogen and oxygen atoms in total. The minimum absolute atomic E-state index is 0.0137. The zero-order valence-corrected chi connectivity index (χ0v) is 19.7. The molecule has 7 heteroatoms. The molecule has 1 aliphatic heterocycles. The van der Waals surface area contributed by atoms with E-state index >= 15 is 0 Å². The van der Waals surface area contributed by atoms with E-state index in [4.69, 9.17) is 16.7 Å². The Hall–Kier alpha value is -3.35. The van der Waals surface area contributed by atoms with Gasteiger partial charge in [0.05, 0.1) is 17.8 Å². The fourth-order valence-electron chi connectivity index (χ4n) is 4.59. The zero-order chi connectivity index (χ0) is 23.3. The maximum absolute atomic E-state index is 12.9. The van der Waals surface area contributed by atoms with E-state index in [0.717, 1.165) is 55.1 Å². The molecule has 0 aliphatic carbocycles. The van der Waals surface area contributed by atoms with Crippen molar-refractivity contribution in [1.82, 2.24) is 24.6 Å². The summed E-state index contributed by atoms with van der Waals surface area (Å²) in [4.78, 5) is 15.3. The molecule has 0 spiro atoms. The van der Waals surface area contributed by atoms with Gasteiger partial charge in [0.2, 0.25) is 5.91 Å². The summed E-state index contributed by atoms with van der Waals surface area (Å²) >= 11 is 5.96. The average molecular weight is 474 g/mol. The van der Waals surface area contributed by atoms with Crippen molar-refractivity contribution in [1.29, 1.82) is 0 Å². The number of carbonyl (C=O) groups is 1. The van der Waals surface area contributed by atoms with Crippen LogP contribution in [0.4, 0.5) is 0 Å². The third kappa shape index (κ3) is 5.08. The molecule has 0 radical (unpaired) electrons. The molecule has 1 atom stereocenters. The second kappa shape index (κ2) is 10.3. The molecule has 3 heterocycles. The van der Waals surface area contributed by atoms with Gasteiger partial charge in [0.15, 0.2) is 0 Å². The second-order valence-electron chi connectivity index (χ2n) is 8.75. The van der Waals surface area contributed by atoms with Crippen LogP contribution in [0.25, 0.3) is 11.5 Å². The van der Waals surface area contributed by atoms with E-state index in [-0.39, 0.29) is 11.8 Å². The first kappa shape index (κ1) is 22.4. The lowest BCUT2D eigenvalue weighted by Gasteiger charge is -2.32. The summed E-state index contributed by atoms with van der Waals surface area (Å²) in [7, 11) is 0. The van der Waals surface area contributed by atoms with E-state index in [2.05, 4.69) is 26.9 Å². The van der Waals surface area contributed by atoms with Crippen LogP contribution in [0, 0.1) is 5.92 Å². The number of rotatable bonds is 7. The molecule has 0 bridgehead atoms. The Labute approximate surface area is 204 Å². The molecular formula is C27H28ClN5O. The number of para-hydroxylation sites is 1. The molecule has 34 heavy (non-hydrogen) atoms. The van der Waals surface area contributed by atoms with Gasteiger partial charge in [-0.3, -0.25) is 9.69 Å². The van der Waals surface area contributed by atoms with Crippen LogP contribution < -0.4 is 5.32 Å². The van der Waals surface area contributed by atoms with Crippen molar-refractivity contribution in [2.45, 2.75) is 25.9 Å². The minimum atomic E-state index is -0.0137. The van der Waals surface area contributed by atoms with Crippen molar-refractivity contribution in [3.05, 3.63) is 101 Å². The Morgan fingerprint density at radius 1 is 1.03 bits per heavy atom. The van der Waals surface area contributed by atoms with Crippen LogP contribution in [0.2, 0.25) is 5.02 Å². The van der Waals surface area contributed by atoms with Crippen LogP contribution in [0.5, 0.6) is 0 Å². The minimum Gasteiger partial charge on any atom is -0.352 e. The van der Waals surface area contributed by atoms with Gasteiger partial charge in [-0.05, 0) is 61.3 Å². The van der Waals surface area contributed by atoms with Gasteiger partial charge in [-0.25, -0.2) is 4.68 Å². The monoisotopic (exact) mass is 473 g/mol. The summed E-state index contributed by atoms with van der Waals surface area (Å²) in [6.07, 6.45) is 7.96. The smallest absolute Gasteiger partial charge is 0.224 e. The van der Waals surface area contributed by atoms with Crippen molar-refractivity contribution in [2.75, 3.05) is 13.1 Å². The van der Waals surface area contributed by atoms with E-state index < -0.39 is 0 Å². The Bertz CT molecular complexity index is 1220. The fourth-order valence-corrected chi connectivity index (χ4v) is 4.71. The highest BCUT2D eigenvalue weighted by molar-refractivity contribution is 6.30. The normalized spacial score (nSPS) is 16.4. The summed E-state index contributed by atoms with van der Waals surface area (Å²) < 4.78 is 4.09. The van der Waals surface area contributed by atoms with E-state index in [0.29, 0.717) is 11.6 Å². The van der Waals surface area contributed by atoms with Crippen molar-refractivity contribution < 1.29 is 4.79 Å². The van der Waals surface area contributed by atoms with Crippen LogP contribution in [-0.2, 0) is 17.9 Å². The largest absolute Gasteiger partial charge is 0.352 e. The van der Waals surface area contributed by atoms with Crippen molar-refractivity contribution in [3.8, 4) is 11.5 Å². The number of halogens is 1. The molecule has 1 N–H and O–H groups in total. The molecule has 5 rings (SSSR count). The van der Waals surface area contributed by atoms with Gasteiger partial charge in [0.25, 0.3) is 0 Å². The molecular weight excluding hydrogens is 446 g/mol. The van der Waals surface area contributed by atoms with Crippen molar-refractivity contribution in [2.24, 2.45) is 5.92 Å². The van der Waals surface area contributed by atoms with Crippen LogP contribution in [0.15, 0.2) is 85.3 Å². The van der Waals surface area contributed by atoms with Gasteiger partial charge in [-0.1, -0.05) is 41.9 Å². The van der Waals surface area contributed by atoms with Crippen molar-refractivity contribution >= 4 is 17.5 Å². The highest BCUT2D eigenvalue weighted by atomic mass is 35.5. The van der Waals surface area contributed by atoms with E-state index in [1.807, 2.05) is 77.9 Å². The average Bonchev–Trinajstić information content (AvgIpc) is 3.54. The van der Waals surface area contributed by atoms with E-state index in [1.165, 1.54) is 0 Å². The third-order valence-electron chi connectivity index (χ3n) is 6.32. The lowest BCUT2D eigenvalue weighted by molar-refractivity contribution is -0.126. The molecule has 0 saturated carbocycles. The van der Waals surface area contributed by atoms with Gasteiger partial charge >= 0.3 is 0 Å². The van der Waals surface area contributed by atoms with Gasteiger partial charge in [0, 0.05) is 42.6 Å². The number of benzene rings is 2. The molecule has 174 valence electrons. The molecule has 1 fully saturated rings. The number of aromatic nitrogens is 3. The number of likely N-dealkylation sites (tertiary alicyclic amines) is 1. The quantitative estimate of drug-likeness (QED) is 0.417. The number of amides is 1. The van der Waals surface area contributed by atoms with Gasteiger partial charge < -0.3 is 9.88 Å². The number of nitrogens with one attached hydrogen (secondary N) is 1. The first-order valence-corrected chi connectivity index (χ1v) is 12.1. The first-order chi connectivity index (χ1) is 16.7. The first-order valence-electron chi connectivity index (χ1n) is 11.7. The Morgan fingerprint density at radius 3 is 2.56 bits per heavy atom. The summed E-state index contributed by atoms with van der Waals surface area (Å²) in [6, 6.07) is 21.8. The summed E-state index contributed by atoms with van der Waals surface area (Å²) in [5, 5.41) is 8.52. The predicted molar refractivity (Wildman–Crippen MR) is 134 cm³/mol. The molecule has 0 unspecified atom stereocenters. The van der Waals surface area contributed by atoms with Crippen LogP contribution in [-0.4, -0.2) is 38.2 Å². The lowest BCUT2D eigenvalue weighted by atomic mass is 9.96. The SMILES string of the molecule is O=C(NCc1ccc(Cl)cc1)[C@@H]1CCCN(Cc2cnn(-c3ccccc3)c2-n2cccc2)C1. The summed E-state index contributed by atoms with van der Waals surface area (Å²) in [6.45, 7) is 2.99. The topological polar surface area (TPSA) is 55.1 Å². The van der Waals surface area contributed by atoms with Crippen LogP contribution >= 0.6 is 11.6 Å². The van der Waals surface area contributed by atoms with Crippen LogP contribution in [0.1, 0.15) is 24.0 Å². The highest BCUT2D eigenvalue weighted by Crippen LogP contribution is 2.24. The summed E-state index contributed by atoms with van der Waals surface area (Å²) in [5.41, 5.74) is 3.22. The Kier molecular flexibility index (Phi) is 6.79. The molecule has 2 aromatic heterocycles. The van der Waals surface area contributed by atoms with Gasteiger partial charge in [-0.15, -0.1) is 0 Å². The number of nitrogens with zero attached hydrogens (tertiary/aromatic N) is 4. The third-order valence-corrected chi connectivity index (χ3v) is 6.57. The number of hydrogen-bond acceptors (Lipinski definition) is 3. The van der Waals surface area contributed by atoms with Gasteiger partial charge in [-0.2, -0.15) is 5.10 Å². The number of carbonyl (C=O) groups excluding carboxylic acids is 1. The maximum Gasteiger partial charge on any atom is 0.224 e. The lowest BCUT2D eigenvalue weighted by Crippen LogP contribution is -2.42.